The van der Waals surface area contributed by atoms with Gasteiger partial charge in [-0.1, -0.05) is 70.8 Å². The van der Waals surface area contributed by atoms with Crippen LogP contribution < -0.4 is 0 Å². The molecule has 0 nitrogen and oxygen atoms in total. The molecule has 1 fully saturated rings. The summed E-state index contributed by atoms with van der Waals surface area (Å²) in [7, 11) is 0. The molecule has 116 valence electrons. The van der Waals surface area contributed by atoms with Crippen LogP contribution in [0, 0.1) is 23.7 Å². The molecule has 1 aliphatic rings. The van der Waals surface area contributed by atoms with Gasteiger partial charge in [0.15, 0.2) is 0 Å². The van der Waals surface area contributed by atoms with Crippen LogP contribution in [0.5, 0.6) is 0 Å². The Morgan fingerprint density at radius 1 is 0.900 bits per heavy atom. The van der Waals surface area contributed by atoms with Crippen molar-refractivity contribution in [2.45, 2.75) is 79.1 Å². The molecule has 0 aromatic heterocycles. The first-order chi connectivity index (χ1) is 9.72. The van der Waals surface area contributed by atoms with Crippen LogP contribution >= 0.6 is 0 Å². The number of rotatable bonds is 8. The van der Waals surface area contributed by atoms with Crippen molar-refractivity contribution in [2.75, 3.05) is 0 Å². The van der Waals surface area contributed by atoms with Gasteiger partial charge in [0.05, 0.1) is 0 Å². The second-order valence-electron chi connectivity index (χ2n) is 6.78. The van der Waals surface area contributed by atoms with Crippen LogP contribution in [0.4, 0.5) is 0 Å². The Morgan fingerprint density at radius 3 is 1.95 bits per heavy atom. The molecule has 0 heteroatoms. The van der Waals surface area contributed by atoms with Crippen molar-refractivity contribution in [3.05, 3.63) is 24.3 Å². The third kappa shape index (κ3) is 5.85. The molecule has 0 aromatic carbocycles. The number of hydrogen-bond acceptors (Lipinski definition) is 0. The molecule has 0 aromatic rings. The van der Waals surface area contributed by atoms with Gasteiger partial charge in [-0.25, -0.2) is 0 Å². The van der Waals surface area contributed by atoms with Crippen LogP contribution in [-0.2, 0) is 0 Å². The van der Waals surface area contributed by atoms with E-state index in [0.717, 1.165) is 23.7 Å². The molecular weight excluding hydrogens is 240 g/mol. The summed E-state index contributed by atoms with van der Waals surface area (Å²) in [5.74, 6) is 3.72. The van der Waals surface area contributed by atoms with E-state index >= 15 is 0 Å². The lowest BCUT2D eigenvalue weighted by atomic mass is 9.70. The molecule has 1 rings (SSSR count). The first kappa shape index (κ1) is 17.5. The molecule has 0 saturated heterocycles. The number of allylic oxidation sites excluding steroid dienone is 4. The Labute approximate surface area is 127 Å². The zero-order chi connectivity index (χ0) is 14.8. The van der Waals surface area contributed by atoms with Crippen LogP contribution in [0.3, 0.4) is 0 Å². The molecule has 0 radical (unpaired) electrons. The smallest absolute Gasteiger partial charge is 0.0230 e. The first-order valence-corrected chi connectivity index (χ1v) is 9.02. The topological polar surface area (TPSA) is 0 Å². The molecule has 0 bridgehead atoms. The Hall–Kier alpha value is -0.520. The highest BCUT2D eigenvalue weighted by Gasteiger charge is 2.28. The highest BCUT2D eigenvalue weighted by molar-refractivity contribution is 5.03. The van der Waals surface area contributed by atoms with Gasteiger partial charge >= 0.3 is 0 Å². The van der Waals surface area contributed by atoms with Gasteiger partial charge in [-0.2, -0.15) is 0 Å². The lowest BCUT2D eigenvalue weighted by molar-refractivity contribution is 0.168. The van der Waals surface area contributed by atoms with E-state index in [-0.39, 0.29) is 0 Å². The zero-order valence-corrected chi connectivity index (χ0v) is 14.3. The molecule has 20 heavy (non-hydrogen) atoms. The van der Waals surface area contributed by atoms with E-state index in [9.17, 15) is 0 Å². The summed E-state index contributed by atoms with van der Waals surface area (Å²) in [6.45, 7) is 9.19. The Morgan fingerprint density at radius 2 is 1.45 bits per heavy atom. The van der Waals surface area contributed by atoms with Crippen molar-refractivity contribution < 1.29 is 0 Å². The zero-order valence-electron chi connectivity index (χ0n) is 14.3. The molecule has 1 aliphatic carbocycles. The van der Waals surface area contributed by atoms with E-state index < -0.39 is 0 Å². The van der Waals surface area contributed by atoms with Gasteiger partial charge < -0.3 is 0 Å². The van der Waals surface area contributed by atoms with Gasteiger partial charge in [0.1, 0.15) is 0 Å². The highest BCUT2D eigenvalue weighted by atomic mass is 14.3. The second-order valence-corrected chi connectivity index (χ2v) is 6.78. The molecule has 0 aliphatic heterocycles. The number of hydrogen-bond donors (Lipinski definition) is 0. The monoisotopic (exact) mass is 276 g/mol. The van der Waals surface area contributed by atoms with E-state index in [1.54, 1.807) is 0 Å². The lowest BCUT2D eigenvalue weighted by Crippen LogP contribution is -2.24. The summed E-state index contributed by atoms with van der Waals surface area (Å²) < 4.78 is 0. The maximum Gasteiger partial charge on any atom is -0.0230 e. The maximum absolute atomic E-state index is 2.40. The van der Waals surface area contributed by atoms with E-state index in [4.69, 9.17) is 0 Å². The van der Waals surface area contributed by atoms with Crippen molar-refractivity contribution in [3.8, 4) is 0 Å². The molecular formula is C20H36. The fraction of sp³-hybridized carbons (Fsp3) is 0.800. The minimum Gasteiger partial charge on any atom is -0.0877 e. The fourth-order valence-corrected chi connectivity index (χ4v) is 4.01. The average molecular weight is 277 g/mol. The minimum atomic E-state index is 0.753. The Balaban J connectivity index is 2.41. The summed E-state index contributed by atoms with van der Waals surface area (Å²) in [6.07, 6.45) is 20.4. The summed E-state index contributed by atoms with van der Waals surface area (Å²) in [5, 5.41) is 0. The van der Waals surface area contributed by atoms with Crippen molar-refractivity contribution in [1.82, 2.24) is 0 Å². The predicted molar refractivity (Wildman–Crippen MR) is 91.9 cm³/mol. The van der Waals surface area contributed by atoms with Crippen molar-refractivity contribution in [1.29, 1.82) is 0 Å². The van der Waals surface area contributed by atoms with Crippen molar-refractivity contribution in [2.24, 2.45) is 23.7 Å². The van der Waals surface area contributed by atoms with Crippen LogP contribution in [0.1, 0.15) is 79.1 Å². The highest BCUT2D eigenvalue weighted by Crippen LogP contribution is 2.40. The van der Waals surface area contributed by atoms with E-state index in [1.807, 2.05) is 0 Å². The van der Waals surface area contributed by atoms with Gasteiger partial charge in [-0.15, -0.1) is 0 Å². The molecule has 1 atom stereocenters. The third-order valence-corrected chi connectivity index (χ3v) is 5.26. The van der Waals surface area contributed by atoms with Crippen molar-refractivity contribution in [3.63, 3.8) is 0 Å². The molecule has 0 N–H and O–H groups in total. The SMILES string of the molecule is C/C=C/C=CC(C)C1CCC(C(CCC)CCC)CC1. The first-order valence-electron chi connectivity index (χ1n) is 9.02. The average Bonchev–Trinajstić information content (AvgIpc) is 2.47. The largest absolute Gasteiger partial charge is 0.0877 e. The van der Waals surface area contributed by atoms with Crippen LogP contribution in [0.2, 0.25) is 0 Å². The predicted octanol–water partition coefficient (Wildman–Crippen LogP) is 6.78. The normalized spacial score (nSPS) is 25.9. The van der Waals surface area contributed by atoms with Gasteiger partial charge in [0.2, 0.25) is 0 Å². The summed E-state index contributed by atoms with van der Waals surface area (Å²) in [5.41, 5.74) is 0. The molecule has 0 amide bonds. The van der Waals surface area contributed by atoms with E-state index in [0.29, 0.717) is 0 Å². The van der Waals surface area contributed by atoms with Gasteiger partial charge in [0, 0.05) is 0 Å². The van der Waals surface area contributed by atoms with Crippen molar-refractivity contribution >= 4 is 0 Å². The van der Waals surface area contributed by atoms with Gasteiger partial charge in [-0.05, 0) is 56.3 Å². The maximum atomic E-state index is 2.40. The molecule has 0 spiro atoms. The van der Waals surface area contributed by atoms with Crippen LogP contribution in [-0.4, -0.2) is 0 Å². The molecule has 1 saturated carbocycles. The quantitative estimate of drug-likeness (QED) is 0.429. The summed E-state index contributed by atoms with van der Waals surface area (Å²) in [4.78, 5) is 0. The molecule has 1 unspecified atom stereocenters. The Kier molecular flexibility index (Phi) is 8.98. The second kappa shape index (κ2) is 10.2. The van der Waals surface area contributed by atoms with E-state index in [1.165, 1.54) is 51.4 Å². The third-order valence-electron chi connectivity index (χ3n) is 5.26. The van der Waals surface area contributed by atoms with E-state index in [2.05, 4.69) is 52.0 Å². The fourth-order valence-electron chi connectivity index (χ4n) is 4.01. The van der Waals surface area contributed by atoms with Crippen LogP contribution in [0.25, 0.3) is 0 Å². The summed E-state index contributed by atoms with van der Waals surface area (Å²) >= 11 is 0. The molecule has 0 heterocycles. The van der Waals surface area contributed by atoms with Gasteiger partial charge in [-0.3, -0.25) is 0 Å². The standard InChI is InChI=1S/C20H36/c1-5-8-9-12-17(4)18-13-15-20(16-14-18)19(10-6-2)11-7-3/h5,8-9,12,17-20H,6-7,10-11,13-16H2,1-4H3/b8-5+,12-9?. The lowest BCUT2D eigenvalue weighted by Gasteiger charge is -2.35. The van der Waals surface area contributed by atoms with Gasteiger partial charge in [0.25, 0.3) is 0 Å². The summed E-state index contributed by atoms with van der Waals surface area (Å²) in [6, 6.07) is 0. The Bertz CT molecular complexity index is 272. The minimum absolute atomic E-state index is 0.753. The van der Waals surface area contributed by atoms with Crippen LogP contribution in [0.15, 0.2) is 24.3 Å².